The minimum atomic E-state index is 0.00746. The normalized spacial score (nSPS) is 35.5. The maximum Gasteiger partial charge on any atom is 0.271 e. The minimum Gasteiger partial charge on any atom is -0.366 e. The lowest BCUT2D eigenvalue weighted by Crippen LogP contribution is -2.57. The highest BCUT2D eigenvalue weighted by atomic mass is 32.1. The van der Waals surface area contributed by atoms with Crippen molar-refractivity contribution >= 4 is 33.2 Å². The number of hydrogen-bond acceptors (Lipinski definition) is 6. The molecule has 1 N–H and O–H groups in total. The van der Waals surface area contributed by atoms with Crippen molar-refractivity contribution in [2.24, 2.45) is 5.92 Å². The lowest BCUT2D eigenvalue weighted by atomic mass is 9.84. The fourth-order valence-electron chi connectivity index (χ4n) is 6.50. The Morgan fingerprint density at radius 3 is 2.60 bits per heavy atom. The molecular weight excluding hydrogens is 394 g/mol. The Morgan fingerprint density at radius 2 is 1.90 bits per heavy atom. The molecular formula is C23H29N5OS. The third-order valence-electron chi connectivity index (χ3n) is 8.27. The first kappa shape index (κ1) is 17.9. The number of rotatable bonds is 4. The van der Waals surface area contributed by atoms with Gasteiger partial charge in [-0.2, -0.15) is 4.37 Å². The van der Waals surface area contributed by atoms with Crippen LogP contribution in [0.3, 0.4) is 0 Å². The van der Waals surface area contributed by atoms with E-state index in [1.54, 1.807) is 0 Å². The number of benzene rings is 1. The van der Waals surface area contributed by atoms with Crippen LogP contribution in [0.15, 0.2) is 18.2 Å². The molecule has 5 saturated heterocycles. The number of carbonyl (C=O) groups is 1. The molecule has 7 heteroatoms. The first-order valence-electron chi connectivity index (χ1n) is 11.7. The number of aromatic nitrogens is 1. The molecule has 3 atom stereocenters. The maximum atomic E-state index is 13.0. The van der Waals surface area contributed by atoms with Crippen LogP contribution in [0.25, 0.3) is 10.1 Å². The number of amides is 1. The number of piperidine rings is 3. The minimum absolute atomic E-state index is 0.00746. The summed E-state index contributed by atoms with van der Waals surface area (Å²) in [6, 6.07) is 9.16. The summed E-state index contributed by atoms with van der Waals surface area (Å²) in [6.45, 7) is 5.76. The largest absolute Gasteiger partial charge is 0.366 e. The molecule has 2 aromatic rings. The van der Waals surface area contributed by atoms with Crippen molar-refractivity contribution in [2.75, 3.05) is 37.6 Å². The molecule has 8 rings (SSSR count). The molecule has 6 fully saturated rings. The molecule has 1 amide bonds. The van der Waals surface area contributed by atoms with Crippen molar-refractivity contribution in [3.63, 3.8) is 0 Å². The predicted octanol–water partition coefficient (Wildman–Crippen LogP) is 2.55. The van der Waals surface area contributed by atoms with E-state index in [-0.39, 0.29) is 11.9 Å². The highest BCUT2D eigenvalue weighted by molar-refractivity contribution is 7.13. The van der Waals surface area contributed by atoms with Crippen LogP contribution in [-0.4, -0.2) is 77.0 Å². The fraction of sp³-hybridized carbons (Fsp3) is 0.652. The predicted molar refractivity (Wildman–Crippen MR) is 119 cm³/mol. The van der Waals surface area contributed by atoms with Crippen molar-refractivity contribution < 1.29 is 4.79 Å². The quantitative estimate of drug-likeness (QED) is 0.819. The molecule has 6 aliphatic rings. The first-order chi connectivity index (χ1) is 14.7. The molecule has 30 heavy (non-hydrogen) atoms. The second kappa shape index (κ2) is 6.65. The van der Waals surface area contributed by atoms with Crippen LogP contribution in [0.4, 0.5) is 5.69 Å². The number of piperazine rings is 1. The van der Waals surface area contributed by atoms with Gasteiger partial charge in [0.05, 0.1) is 4.70 Å². The molecule has 5 aliphatic heterocycles. The van der Waals surface area contributed by atoms with E-state index in [9.17, 15) is 4.79 Å². The fourth-order valence-corrected chi connectivity index (χ4v) is 7.31. The highest BCUT2D eigenvalue weighted by Crippen LogP contribution is 2.41. The van der Waals surface area contributed by atoms with Crippen molar-refractivity contribution in [1.82, 2.24) is 19.5 Å². The SMILES string of the molecule is O=C(N[C@H]1CN2CCC1CC2)c1nsc2cc(N3C[C@@H]4C[C@H]3CN4C3CC3)ccc12. The Kier molecular flexibility index (Phi) is 3.97. The third kappa shape index (κ3) is 2.82. The highest BCUT2D eigenvalue weighted by Gasteiger charge is 2.48. The lowest BCUT2D eigenvalue weighted by Gasteiger charge is -2.44. The molecule has 1 aromatic carbocycles. The van der Waals surface area contributed by atoms with Crippen LogP contribution in [0.2, 0.25) is 0 Å². The summed E-state index contributed by atoms with van der Waals surface area (Å²) in [6.07, 6.45) is 6.54. The van der Waals surface area contributed by atoms with E-state index < -0.39 is 0 Å². The summed E-state index contributed by atoms with van der Waals surface area (Å²) in [5.74, 6) is 0.643. The second-order valence-electron chi connectivity index (χ2n) is 10.1. The summed E-state index contributed by atoms with van der Waals surface area (Å²) < 4.78 is 5.70. The Morgan fingerprint density at radius 1 is 1.03 bits per heavy atom. The van der Waals surface area contributed by atoms with E-state index in [0.29, 0.717) is 17.7 Å². The Labute approximate surface area is 181 Å². The number of carbonyl (C=O) groups excluding carboxylic acids is 1. The van der Waals surface area contributed by atoms with Crippen molar-refractivity contribution in [1.29, 1.82) is 0 Å². The summed E-state index contributed by atoms with van der Waals surface area (Å²) in [5, 5.41) is 4.31. The lowest BCUT2D eigenvalue weighted by molar-refractivity contribution is 0.0619. The van der Waals surface area contributed by atoms with Crippen LogP contribution in [0.5, 0.6) is 0 Å². The number of likely N-dealkylation sites (tertiary alicyclic amines) is 1. The Bertz CT molecular complexity index is 995. The van der Waals surface area contributed by atoms with Gasteiger partial charge in [-0.05, 0) is 80.8 Å². The smallest absolute Gasteiger partial charge is 0.271 e. The van der Waals surface area contributed by atoms with E-state index in [2.05, 4.69) is 42.6 Å². The van der Waals surface area contributed by atoms with Crippen LogP contribution in [-0.2, 0) is 0 Å². The van der Waals surface area contributed by atoms with Gasteiger partial charge in [0.25, 0.3) is 5.91 Å². The van der Waals surface area contributed by atoms with Crippen molar-refractivity contribution in [3.8, 4) is 0 Å². The molecule has 0 spiro atoms. The zero-order valence-corrected chi connectivity index (χ0v) is 18.1. The zero-order chi connectivity index (χ0) is 19.8. The summed E-state index contributed by atoms with van der Waals surface area (Å²) in [5.41, 5.74) is 1.92. The van der Waals surface area contributed by atoms with Crippen molar-refractivity contribution in [3.05, 3.63) is 23.9 Å². The van der Waals surface area contributed by atoms with Crippen molar-refractivity contribution in [2.45, 2.75) is 56.3 Å². The van der Waals surface area contributed by atoms with Gasteiger partial charge in [-0.25, -0.2) is 0 Å². The first-order valence-corrected chi connectivity index (χ1v) is 12.5. The van der Waals surface area contributed by atoms with E-state index in [4.69, 9.17) is 0 Å². The van der Waals surface area contributed by atoms with E-state index in [0.717, 1.165) is 35.3 Å². The standard InChI is InChI=1S/C23H29N5OS/c29-23(24-20-13-26-7-5-14(20)6-8-26)22-19-4-3-16(10-21(19)30-25-22)28-12-17-9-18(28)11-27(17)15-1-2-15/h3-4,10,14-15,17-18,20H,1-2,5-9,11-13H2,(H,24,29)/t17-,18-,20-/m0/s1. The molecule has 6 heterocycles. The average molecular weight is 424 g/mol. The van der Waals surface area contributed by atoms with Gasteiger partial charge < -0.3 is 15.1 Å². The molecule has 1 saturated carbocycles. The Hall–Kier alpha value is -1.70. The van der Waals surface area contributed by atoms with Gasteiger partial charge in [0.15, 0.2) is 0 Å². The molecule has 4 bridgehead atoms. The van der Waals surface area contributed by atoms with Gasteiger partial charge in [-0.1, -0.05) is 0 Å². The van der Waals surface area contributed by atoms with Crippen LogP contribution in [0, 0.1) is 5.92 Å². The number of fused-ring (bicyclic) bond motifs is 6. The second-order valence-corrected chi connectivity index (χ2v) is 10.9. The van der Waals surface area contributed by atoms with E-state index >= 15 is 0 Å². The van der Waals surface area contributed by atoms with Gasteiger partial charge in [-0.3, -0.25) is 9.69 Å². The van der Waals surface area contributed by atoms with Gasteiger partial charge in [0.2, 0.25) is 0 Å². The molecule has 1 aliphatic carbocycles. The van der Waals surface area contributed by atoms with Crippen LogP contribution >= 0.6 is 11.5 Å². The van der Waals surface area contributed by atoms with Gasteiger partial charge >= 0.3 is 0 Å². The topological polar surface area (TPSA) is 51.7 Å². The maximum absolute atomic E-state index is 13.0. The van der Waals surface area contributed by atoms with Crippen LogP contribution in [0.1, 0.15) is 42.6 Å². The monoisotopic (exact) mass is 423 g/mol. The van der Waals surface area contributed by atoms with Gasteiger partial charge in [0, 0.05) is 54.9 Å². The molecule has 6 nitrogen and oxygen atoms in total. The molecule has 0 radical (unpaired) electrons. The molecule has 1 aromatic heterocycles. The molecule has 158 valence electrons. The van der Waals surface area contributed by atoms with Gasteiger partial charge in [-0.15, -0.1) is 0 Å². The molecule has 0 unspecified atom stereocenters. The summed E-state index contributed by atoms with van der Waals surface area (Å²) in [4.78, 5) is 20.8. The number of nitrogens with one attached hydrogen (secondary N) is 1. The van der Waals surface area contributed by atoms with Crippen LogP contribution < -0.4 is 10.2 Å². The number of hydrogen-bond donors (Lipinski definition) is 1. The zero-order valence-electron chi connectivity index (χ0n) is 17.3. The average Bonchev–Trinajstić information content (AvgIpc) is 3.22. The third-order valence-corrected chi connectivity index (χ3v) is 9.08. The van der Waals surface area contributed by atoms with Gasteiger partial charge in [0.1, 0.15) is 5.69 Å². The number of nitrogens with zero attached hydrogens (tertiary/aromatic N) is 4. The summed E-state index contributed by atoms with van der Waals surface area (Å²) in [7, 11) is 0. The van der Waals surface area contributed by atoms with E-state index in [1.165, 1.54) is 69.0 Å². The van der Waals surface area contributed by atoms with E-state index in [1.807, 2.05) is 0 Å². The number of anilines is 1. The Balaban J connectivity index is 1.09. The summed E-state index contributed by atoms with van der Waals surface area (Å²) >= 11 is 1.47.